The average Bonchev–Trinajstić information content (AvgIpc) is 3.05. The first kappa shape index (κ1) is 23.2. The van der Waals surface area contributed by atoms with Crippen molar-refractivity contribution in [1.82, 2.24) is 15.1 Å². The molecule has 0 bridgehead atoms. The highest BCUT2D eigenvalue weighted by atomic mass is 35.5. The molecule has 2 aliphatic rings. The molecule has 0 spiro atoms. The number of piperidine rings is 1. The van der Waals surface area contributed by atoms with Gasteiger partial charge in [0, 0.05) is 19.6 Å². The molecule has 1 aromatic carbocycles. The molecule has 2 aliphatic heterocycles. The smallest absolute Gasteiger partial charge is 0.239 e. The van der Waals surface area contributed by atoms with E-state index in [-0.39, 0.29) is 42.6 Å². The van der Waals surface area contributed by atoms with Crippen molar-refractivity contribution in [3.8, 4) is 0 Å². The summed E-state index contributed by atoms with van der Waals surface area (Å²) in [4.78, 5) is 17.2. The molecular formula is C19H30Cl2FN3O. The molecule has 1 aromatic rings. The van der Waals surface area contributed by atoms with Crippen molar-refractivity contribution in [3.05, 3.63) is 35.6 Å². The highest BCUT2D eigenvalue weighted by Gasteiger charge is 2.34. The second-order valence-electron chi connectivity index (χ2n) is 7.08. The lowest BCUT2D eigenvalue weighted by molar-refractivity contribution is -0.137. The fourth-order valence-electron chi connectivity index (χ4n) is 3.98. The number of likely N-dealkylation sites (tertiary alicyclic amines) is 2. The number of amides is 1. The fraction of sp³-hybridized carbons (Fsp3) is 0.632. The Kier molecular flexibility index (Phi) is 9.86. The summed E-state index contributed by atoms with van der Waals surface area (Å²) in [5, 5.41) is 3.24. The lowest BCUT2D eigenvalue weighted by atomic mass is 9.96. The first-order valence-corrected chi connectivity index (χ1v) is 9.09. The number of rotatable bonds is 5. The molecule has 1 N–H and O–H groups in total. The maximum absolute atomic E-state index is 13.1. The van der Waals surface area contributed by atoms with Crippen molar-refractivity contribution in [3.63, 3.8) is 0 Å². The Bertz CT molecular complexity index is 550. The number of hydrogen-bond acceptors (Lipinski definition) is 3. The van der Waals surface area contributed by atoms with Crippen molar-refractivity contribution in [2.75, 3.05) is 33.2 Å². The third-order valence-corrected chi connectivity index (χ3v) is 5.37. The number of benzene rings is 1. The van der Waals surface area contributed by atoms with Crippen LogP contribution in [0.25, 0.3) is 0 Å². The molecule has 26 heavy (non-hydrogen) atoms. The first-order valence-electron chi connectivity index (χ1n) is 9.09. The molecular weight excluding hydrogens is 376 g/mol. The minimum atomic E-state index is -0.211. The quantitative estimate of drug-likeness (QED) is 0.817. The molecule has 0 radical (unpaired) electrons. The van der Waals surface area contributed by atoms with E-state index in [4.69, 9.17) is 0 Å². The van der Waals surface area contributed by atoms with Crippen molar-refractivity contribution in [2.24, 2.45) is 5.92 Å². The van der Waals surface area contributed by atoms with Gasteiger partial charge in [-0.15, -0.1) is 24.8 Å². The molecule has 1 atom stereocenters. The van der Waals surface area contributed by atoms with E-state index in [1.54, 1.807) is 0 Å². The zero-order valence-corrected chi connectivity index (χ0v) is 17.0. The van der Waals surface area contributed by atoms with E-state index >= 15 is 0 Å². The van der Waals surface area contributed by atoms with Gasteiger partial charge in [-0.3, -0.25) is 9.69 Å². The molecule has 2 saturated heterocycles. The van der Waals surface area contributed by atoms with Crippen LogP contribution in [0.2, 0.25) is 0 Å². The van der Waals surface area contributed by atoms with Gasteiger partial charge in [-0.2, -0.15) is 0 Å². The van der Waals surface area contributed by atoms with Crippen LogP contribution in [0.15, 0.2) is 24.3 Å². The van der Waals surface area contributed by atoms with Crippen LogP contribution in [0.5, 0.6) is 0 Å². The molecule has 0 saturated carbocycles. The monoisotopic (exact) mass is 405 g/mol. The maximum atomic E-state index is 13.1. The molecule has 2 heterocycles. The second kappa shape index (κ2) is 11.1. The highest BCUT2D eigenvalue weighted by Crippen LogP contribution is 2.24. The van der Waals surface area contributed by atoms with Crippen LogP contribution < -0.4 is 5.32 Å². The molecule has 1 amide bonds. The lowest BCUT2D eigenvalue weighted by Crippen LogP contribution is -2.48. The lowest BCUT2D eigenvalue weighted by Gasteiger charge is -2.35. The standard InChI is InChI=1S/C19H28FN3O.2ClH/c1-21-13-15-8-11-22(12-9-15)19(24)18-3-2-10-23(18)14-16-4-6-17(20)7-5-16;;/h4-7,15,18,21H,2-3,8-14H2,1H3;2*1H. The van der Waals surface area contributed by atoms with Crippen LogP contribution in [-0.2, 0) is 11.3 Å². The minimum Gasteiger partial charge on any atom is -0.341 e. The Hall–Kier alpha value is -0.880. The van der Waals surface area contributed by atoms with E-state index in [0.717, 1.165) is 64.0 Å². The first-order chi connectivity index (χ1) is 11.7. The van der Waals surface area contributed by atoms with Crippen LogP contribution >= 0.6 is 24.8 Å². The predicted molar refractivity (Wildman–Crippen MR) is 108 cm³/mol. The molecule has 7 heteroatoms. The number of carbonyl (C=O) groups excluding carboxylic acids is 1. The maximum Gasteiger partial charge on any atom is 0.239 e. The van der Waals surface area contributed by atoms with Gasteiger partial charge in [0.15, 0.2) is 0 Å². The van der Waals surface area contributed by atoms with Gasteiger partial charge in [-0.25, -0.2) is 4.39 Å². The molecule has 2 fully saturated rings. The van der Waals surface area contributed by atoms with E-state index in [0.29, 0.717) is 5.92 Å². The van der Waals surface area contributed by atoms with Crippen LogP contribution in [0, 0.1) is 11.7 Å². The summed E-state index contributed by atoms with van der Waals surface area (Å²) in [6, 6.07) is 6.62. The van der Waals surface area contributed by atoms with E-state index in [1.165, 1.54) is 12.1 Å². The second-order valence-corrected chi connectivity index (χ2v) is 7.08. The van der Waals surface area contributed by atoms with Crippen LogP contribution in [0.4, 0.5) is 4.39 Å². The van der Waals surface area contributed by atoms with Crippen LogP contribution in [-0.4, -0.2) is 55.0 Å². The van der Waals surface area contributed by atoms with Gasteiger partial charge < -0.3 is 10.2 Å². The van der Waals surface area contributed by atoms with Gasteiger partial charge >= 0.3 is 0 Å². The summed E-state index contributed by atoms with van der Waals surface area (Å²) in [6.45, 7) is 4.48. The zero-order valence-electron chi connectivity index (χ0n) is 15.3. The predicted octanol–water partition coefficient (Wildman–Crippen LogP) is 3.09. The normalized spacial score (nSPS) is 21.2. The SMILES string of the molecule is CNCC1CCN(C(=O)C2CCCN2Cc2ccc(F)cc2)CC1.Cl.Cl. The highest BCUT2D eigenvalue weighted by molar-refractivity contribution is 5.85. The summed E-state index contributed by atoms with van der Waals surface area (Å²) in [6.07, 6.45) is 4.19. The summed E-state index contributed by atoms with van der Waals surface area (Å²) >= 11 is 0. The molecule has 148 valence electrons. The Morgan fingerprint density at radius 2 is 1.77 bits per heavy atom. The zero-order chi connectivity index (χ0) is 16.9. The topological polar surface area (TPSA) is 35.6 Å². The molecule has 0 aromatic heterocycles. The van der Waals surface area contributed by atoms with E-state index in [1.807, 2.05) is 19.2 Å². The Balaban J connectivity index is 0.00000169. The minimum absolute atomic E-state index is 0. The largest absolute Gasteiger partial charge is 0.341 e. The van der Waals surface area contributed by atoms with Gasteiger partial charge in [0.05, 0.1) is 6.04 Å². The summed E-state index contributed by atoms with van der Waals surface area (Å²) in [7, 11) is 1.99. The average molecular weight is 406 g/mol. The van der Waals surface area contributed by atoms with Crippen molar-refractivity contribution in [1.29, 1.82) is 0 Å². The van der Waals surface area contributed by atoms with Crippen molar-refractivity contribution < 1.29 is 9.18 Å². The van der Waals surface area contributed by atoms with Gasteiger partial charge in [0.1, 0.15) is 5.82 Å². The number of halogens is 3. The number of hydrogen-bond donors (Lipinski definition) is 1. The van der Waals surface area contributed by atoms with Gasteiger partial charge in [-0.05, 0) is 69.4 Å². The summed E-state index contributed by atoms with van der Waals surface area (Å²) < 4.78 is 13.1. The molecule has 3 rings (SSSR count). The number of nitrogens with zero attached hydrogens (tertiary/aromatic N) is 2. The van der Waals surface area contributed by atoms with Crippen molar-refractivity contribution in [2.45, 2.75) is 38.3 Å². The van der Waals surface area contributed by atoms with E-state index in [2.05, 4.69) is 15.1 Å². The fourth-order valence-corrected chi connectivity index (χ4v) is 3.98. The van der Waals surface area contributed by atoms with Gasteiger partial charge in [0.2, 0.25) is 5.91 Å². The van der Waals surface area contributed by atoms with Crippen LogP contribution in [0.3, 0.4) is 0 Å². The molecule has 0 aliphatic carbocycles. The third-order valence-electron chi connectivity index (χ3n) is 5.37. The Morgan fingerprint density at radius 1 is 1.12 bits per heavy atom. The Morgan fingerprint density at radius 3 is 2.38 bits per heavy atom. The van der Waals surface area contributed by atoms with Gasteiger partial charge in [0.25, 0.3) is 0 Å². The molecule has 4 nitrogen and oxygen atoms in total. The molecule has 1 unspecified atom stereocenters. The van der Waals surface area contributed by atoms with E-state index in [9.17, 15) is 9.18 Å². The van der Waals surface area contributed by atoms with Crippen LogP contribution in [0.1, 0.15) is 31.2 Å². The van der Waals surface area contributed by atoms with Crippen molar-refractivity contribution >= 4 is 30.7 Å². The van der Waals surface area contributed by atoms with E-state index < -0.39 is 0 Å². The Labute approximate surface area is 168 Å². The summed E-state index contributed by atoms with van der Waals surface area (Å²) in [5.41, 5.74) is 1.07. The number of nitrogens with one attached hydrogen (secondary N) is 1. The summed E-state index contributed by atoms with van der Waals surface area (Å²) in [5.74, 6) is 0.771. The van der Waals surface area contributed by atoms with Gasteiger partial charge in [-0.1, -0.05) is 12.1 Å². The third kappa shape index (κ3) is 5.81. The number of carbonyl (C=O) groups is 1.